The summed E-state index contributed by atoms with van der Waals surface area (Å²) < 4.78 is 38.9. The number of carbonyl (C=O) groups is 1. The van der Waals surface area contributed by atoms with E-state index >= 15 is 0 Å². The van der Waals surface area contributed by atoms with Crippen molar-refractivity contribution in [1.29, 1.82) is 0 Å². The molecule has 0 bridgehead atoms. The molecule has 1 amide bonds. The van der Waals surface area contributed by atoms with Crippen molar-refractivity contribution in [1.82, 2.24) is 15.3 Å². The van der Waals surface area contributed by atoms with E-state index in [0.29, 0.717) is 10.8 Å². The maximum atomic E-state index is 13.0. The van der Waals surface area contributed by atoms with E-state index < -0.39 is 17.2 Å². The number of hydrogen-bond acceptors (Lipinski definition) is 5. The van der Waals surface area contributed by atoms with E-state index in [1.807, 2.05) is 26.8 Å². The van der Waals surface area contributed by atoms with Crippen molar-refractivity contribution in [3.63, 3.8) is 0 Å². The van der Waals surface area contributed by atoms with E-state index in [9.17, 15) is 18.0 Å². The topological polar surface area (TPSA) is 66.9 Å². The average molecular weight is 434 g/mol. The van der Waals surface area contributed by atoms with Gasteiger partial charge in [0.15, 0.2) is 5.13 Å². The first-order valence-corrected chi connectivity index (χ1v) is 9.98. The van der Waals surface area contributed by atoms with E-state index in [0.717, 1.165) is 22.6 Å². The minimum absolute atomic E-state index is 0.111. The number of halogens is 3. The van der Waals surface area contributed by atoms with Gasteiger partial charge >= 0.3 is 6.18 Å². The van der Waals surface area contributed by atoms with Crippen molar-refractivity contribution in [3.05, 3.63) is 59.2 Å². The highest BCUT2D eigenvalue weighted by Gasteiger charge is 2.30. The number of carbonyl (C=O) groups excluding carboxylic acids is 1. The van der Waals surface area contributed by atoms with Gasteiger partial charge in [-0.25, -0.2) is 4.98 Å². The van der Waals surface area contributed by atoms with Gasteiger partial charge in [-0.3, -0.25) is 9.78 Å². The molecular weight excluding hydrogens is 413 g/mol. The molecule has 0 aliphatic heterocycles. The number of aromatic nitrogens is 2. The third kappa shape index (κ3) is 5.35. The summed E-state index contributed by atoms with van der Waals surface area (Å²) in [4.78, 5) is 21.7. The van der Waals surface area contributed by atoms with Crippen molar-refractivity contribution in [2.24, 2.45) is 5.41 Å². The molecule has 30 heavy (non-hydrogen) atoms. The van der Waals surface area contributed by atoms with Gasteiger partial charge in [0.25, 0.3) is 0 Å². The number of pyridine rings is 1. The Morgan fingerprint density at radius 3 is 2.53 bits per heavy atom. The summed E-state index contributed by atoms with van der Waals surface area (Å²) in [6, 6.07) is 8.54. The summed E-state index contributed by atoms with van der Waals surface area (Å²) in [7, 11) is 0. The minimum atomic E-state index is -4.43. The van der Waals surface area contributed by atoms with Gasteiger partial charge in [-0.05, 0) is 30.3 Å². The number of nitrogens with zero attached hydrogens (tertiary/aromatic N) is 2. The van der Waals surface area contributed by atoms with Gasteiger partial charge in [0, 0.05) is 29.1 Å². The van der Waals surface area contributed by atoms with Crippen molar-refractivity contribution < 1.29 is 18.0 Å². The number of anilines is 2. The summed E-state index contributed by atoms with van der Waals surface area (Å²) in [5.41, 5.74) is 0.372. The predicted octanol–water partition coefficient (Wildman–Crippen LogP) is 5.63. The van der Waals surface area contributed by atoms with Crippen LogP contribution in [0.1, 0.15) is 31.2 Å². The van der Waals surface area contributed by atoms with Crippen LogP contribution in [0.3, 0.4) is 0 Å². The molecule has 1 aromatic carbocycles. The quantitative estimate of drug-likeness (QED) is 0.546. The molecule has 9 heteroatoms. The zero-order valence-electron chi connectivity index (χ0n) is 16.7. The lowest BCUT2D eigenvalue weighted by atomic mass is 9.96. The monoisotopic (exact) mass is 434 g/mol. The van der Waals surface area contributed by atoms with Gasteiger partial charge in [-0.15, -0.1) is 0 Å². The second kappa shape index (κ2) is 8.43. The third-order valence-corrected chi connectivity index (χ3v) is 5.13. The second-order valence-corrected chi connectivity index (χ2v) is 8.75. The Balaban J connectivity index is 1.89. The van der Waals surface area contributed by atoms with E-state index in [-0.39, 0.29) is 18.1 Å². The van der Waals surface area contributed by atoms with Gasteiger partial charge in [-0.2, -0.15) is 13.2 Å². The lowest BCUT2D eigenvalue weighted by Gasteiger charge is -2.17. The molecular formula is C21H21F3N4OS. The number of nitrogens with one attached hydrogen (secondary N) is 2. The highest BCUT2D eigenvalue weighted by atomic mass is 32.1. The van der Waals surface area contributed by atoms with Crippen LogP contribution in [0.5, 0.6) is 0 Å². The minimum Gasteiger partial charge on any atom is -0.351 e. The smallest absolute Gasteiger partial charge is 0.351 e. The lowest BCUT2D eigenvalue weighted by Crippen LogP contribution is -2.34. The fraction of sp³-hybridized carbons (Fsp3) is 0.286. The van der Waals surface area contributed by atoms with E-state index in [1.165, 1.54) is 17.4 Å². The number of alkyl halides is 3. The summed E-state index contributed by atoms with van der Waals surface area (Å²) >= 11 is 1.27. The van der Waals surface area contributed by atoms with E-state index in [2.05, 4.69) is 20.6 Å². The van der Waals surface area contributed by atoms with E-state index in [1.54, 1.807) is 24.5 Å². The molecule has 3 aromatic rings. The number of rotatable bonds is 5. The van der Waals surface area contributed by atoms with Gasteiger partial charge in [-0.1, -0.05) is 38.2 Å². The summed E-state index contributed by atoms with van der Waals surface area (Å²) in [5.74, 6) is -0.111. The number of thiazole rings is 1. The molecule has 0 spiro atoms. The van der Waals surface area contributed by atoms with Gasteiger partial charge in [0.1, 0.15) is 0 Å². The maximum absolute atomic E-state index is 13.0. The van der Waals surface area contributed by atoms with Crippen LogP contribution in [0.4, 0.5) is 24.0 Å². The standard InChI is InChI=1S/C21H21F3N4OS/c1-20(2,3)18(29)26-12-16-17(13-6-5-9-25-11-13)28-19(30-16)27-15-8-4-7-14(10-15)21(22,23)24/h4-11H,12H2,1-3H3,(H,26,29)(H,27,28). The Kier molecular flexibility index (Phi) is 6.12. The molecule has 0 atom stereocenters. The number of benzene rings is 1. The third-order valence-electron chi connectivity index (χ3n) is 4.16. The number of hydrogen-bond donors (Lipinski definition) is 2. The Bertz CT molecular complexity index is 1030. The fourth-order valence-electron chi connectivity index (χ4n) is 2.58. The van der Waals surface area contributed by atoms with Gasteiger partial charge in [0.2, 0.25) is 5.91 Å². The van der Waals surface area contributed by atoms with Crippen LogP contribution in [0.15, 0.2) is 48.8 Å². The van der Waals surface area contributed by atoms with Crippen LogP contribution in [-0.2, 0) is 17.5 Å². The SMILES string of the molecule is CC(C)(C)C(=O)NCc1sc(Nc2cccc(C(F)(F)F)c2)nc1-c1cccnc1. The van der Waals surface area contributed by atoms with Crippen molar-refractivity contribution in [2.45, 2.75) is 33.5 Å². The first-order chi connectivity index (χ1) is 14.0. The molecule has 2 aromatic heterocycles. The van der Waals surface area contributed by atoms with Crippen LogP contribution in [0, 0.1) is 5.41 Å². The molecule has 0 aliphatic rings. The van der Waals surface area contributed by atoms with E-state index in [4.69, 9.17) is 0 Å². The second-order valence-electron chi connectivity index (χ2n) is 7.67. The van der Waals surface area contributed by atoms with Gasteiger partial charge in [0.05, 0.1) is 22.7 Å². The molecule has 2 N–H and O–H groups in total. The Hall–Kier alpha value is -2.94. The van der Waals surface area contributed by atoms with Crippen molar-refractivity contribution in [2.75, 3.05) is 5.32 Å². The van der Waals surface area contributed by atoms with Crippen molar-refractivity contribution >= 4 is 28.1 Å². The summed E-state index contributed by atoms with van der Waals surface area (Å²) in [6.07, 6.45) is -1.14. The first kappa shape index (κ1) is 21.8. The highest BCUT2D eigenvalue weighted by molar-refractivity contribution is 7.16. The van der Waals surface area contributed by atoms with Crippen LogP contribution in [-0.4, -0.2) is 15.9 Å². The van der Waals surface area contributed by atoms with Crippen LogP contribution in [0.2, 0.25) is 0 Å². The van der Waals surface area contributed by atoms with Gasteiger partial charge < -0.3 is 10.6 Å². The zero-order valence-corrected chi connectivity index (χ0v) is 17.5. The largest absolute Gasteiger partial charge is 0.416 e. The number of amides is 1. The lowest BCUT2D eigenvalue weighted by molar-refractivity contribution is -0.137. The van der Waals surface area contributed by atoms with Crippen LogP contribution < -0.4 is 10.6 Å². The average Bonchev–Trinajstić information content (AvgIpc) is 3.08. The zero-order chi connectivity index (χ0) is 21.9. The Morgan fingerprint density at radius 2 is 1.90 bits per heavy atom. The molecule has 0 fully saturated rings. The molecule has 0 unspecified atom stereocenters. The highest BCUT2D eigenvalue weighted by Crippen LogP contribution is 2.35. The summed E-state index contributed by atoms with van der Waals surface area (Å²) in [6.45, 7) is 5.70. The predicted molar refractivity (Wildman–Crippen MR) is 111 cm³/mol. The summed E-state index contributed by atoms with van der Waals surface area (Å²) in [5, 5.41) is 6.25. The van der Waals surface area contributed by atoms with Crippen LogP contribution >= 0.6 is 11.3 Å². The molecule has 0 saturated heterocycles. The fourth-order valence-corrected chi connectivity index (χ4v) is 3.52. The molecule has 2 heterocycles. The molecule has 0 aliphatic carbocycles. The first-order valence-electron chi connectivity index (χ1n) is 9.17. The Morgan fingerprint density at radius 1 is 1.13 bits per heavy atom. The molecule has 5 nitrogen and oxygen atoms in total. The molecule has 158 valence electrons. The van der Waals surface area contributed by atoms with Crippen molar-refractivity contribution in [3.8, 4) is 11.3 Å². The Labute approximate surface area is 176 Å². The molecule has 3 rings (SSSR count). The normalized spacial score (nSPS) is 11.9. The molecule has 0 radical (unpaired) electrons. The maximum Gasteiger partial charge on any atom is 0.416 e. The van der Waals surface area contributed by atoms with Crippen LogP contribution in [0.25, 0.3) is 11.3 Å². The molecule has 0 saturated carbocycles.